The van der Waals surface area contributed by atoms with Crippen LogP contribution < -0.4 is 5.32 Å². The number of fused-ring (bicyclic) bond motifs is 1. The molecule has 1 saturated carbocycles. The molecule has 0 amide bonds. The van der Waals surface area contributed by atoms with Gasteiger partial charge in [0.05, 0.1) is 0 Å². The topological polar surface area (TPSA) is 12.0 Å². The molecule has 3 unspecified atom stereocenters. The quantitative estimate of drug-likeness (QED) is 0.749. The molecule has 2 aliphatic rings. The van der Waals surface area contributed by atoms with Gasteiger partial charge in [0.25, 0.3) is 0 Å². The first-order valence-corrected chi connectivity index (χ1v) is 7.80. The van der Waals surface area contributed by atoms with Gasteiger partial charge in [-0.15, -0.1) is 0 Å². The second-order valence-corrected chi connectivity index (χ2v) is 7.70. The summed E-state index contributed by atoms with van der Waals surface area (Å²) in [7, 11) is 0. The largest absolute Gasteiger partial charge is 0.384 e. The van der Waals surface area contributed by atoms with E-state index in [4.69, 9.17) is 0 Å². The summed E-state index contributed by atoms with van der Waals surface area (Å²) >= 11 is 0. The highest BCUT2D eigenvalue weighted by atomic mass is 14.9. The second kappa shape index (κ2) is 4.54. The smallest absolute Gasteiger partial charge is 0.0406 e. The van der Waals surface area contributed by atoms with Crippen molar-refractivity contribution in [1.82, 2.24) is 0 Å². The van der Waals surface area contributed by atoms with Gasteiger partial charge in [0, 0.05) is 18.2 Å². The highest BCUT2D eigenvalue weighted by Crippen LogP contribution is 2.49. The minimum absolute atomic E-state index is 0.523. The van der Waals surface area contributed by atoms with Crippen molar-refractivity contribution in [3.63, 3.8) is 0 Å². The van der Waals surface area contributed by atoms with Gasteiger partial charge in [-0.1, -0.05) is 39.0 Å². The fourth-order valence-electron chi connectivity index (χ4n) is 4.71. The number of rotatable bonds is 1. The molecule has 0 spiro atoms. The fraction of sp³-hybridized carbons (Fsp3) is 0.667. The summed E-state index contributed by atoms with van der Waals surface area (Å²) in [6.07, 6.45) is 4.19. The minimum Gasteiger partial charge on any atom is -0.384 e. The van der Waals surface area contributed by atoms with Crippen LogP contribution in [0.25, 0.3) is 0 Å². The summed E-state index contributed by atoms with van der Waals surface area (Å²) in [5.41, 5.74) is 4.93. The Hall–Kier alpha value is -0.980. The van der Waals surface area contributed by atoms with Crippen molar-refractivity contribution in [2.75, 3.05) is 11.9 Å². The number of aryl methyl sites for hydroxylation is 1. The van der Waals surface area contributed by atoms with Gasteiger partial charge in [-0.3, -0.25) is 0 Å². The van der Waals surface area contributed by atoms with Crippen LogP contribution in [0.4, 0.5) is 5.69 Å². The molecule has 104 valence electrons. The third-order valence-corrected chi connectivity index (χ3v) is 5.19. The number of hydrogen-bond acceptors (Lipinski definition) is 1. The summed E-state index contributed by atoms with van der Waals surface area (Å²) < 4.78 is 0. The van der Waals surface area contributed by atoms with Gasteiger partial charge in [0.15, 0.2) is 0 Å². The van der Waals surface area contributed by atoms with E-state index in [-0.39, 0.29) is 0 Å². The van der Waals surface area contributed by atoms with Gasteiger partial charge in [0.2, 0.25) is 0 Å². The first-order chi connectivity index (χ1) is 8.96. The highest BCUT2D eigenvalue weighted by Gasteiger charge is 2.38. The molecule has 0 bridgehead atoms. The zero-order valence-corrected chi connectivity index (χ0v) is 12.8. The Morgan fingerprint density at radius 2 is 2.00 bits per heavy atom. The van der Waals surface area contributed by atoms with E-state index in [0.29, 0.717) is 5.41 Å². The molecule has 3 rings (SSSR count). The number of benzene rings is 1. The number of hydrogen-bond donors (Lipinski definition) is 1. The molecule has 0 radical (unpaired) electrons. The Balaban J connectivity index is 1.87. The Morgan fingerprint density at radius 3 is 2.74 bits per heavy atom. The van der Waals surface area contributed by atoms with Crippen molar-refractivity contribution in [3.05, 3.63) is 29.3 Å². The number of nitrogens with one attached hydrogen (secondary N) is 1. The Bertz CT molecular complexity index is 475. The molecule has 0 aromatic heterocycles. The Kier molecular flexibility index (Phi) is 3.11. The standard InChI is InChI=1S/C18H27N/c1-12-8-14(10-18(3,4)9-12)16-11-19-17-13(2)6-5-7-15(16)17/h5-7,12,14,16,19H,8-11H2,1-4H3. The van der Waals surface area contributed by atoms with Crippen molar-refractivity contribution >= 4 is 5.69 Å². The summed E-state index contributed by atoms with van der Waals surface area (Å²) in [6, 6.07) is 6.80. The van der Waals surface area contributed by atoms with E-state index in [2.05, 4.69) is 51.2 Å². The third-order valence-electron chi connectivity index (χ3n) is 5.19. The molecule has 1 N–H and O–H groups in total. The van der Waals surface area contributed by atoms with Crippen LogP contribution in [0, 0.1) is 24.2 Å². The number of anilines is 1. The maximum Gasteiger partial charge on any atom is 0.0406 e. The van der Waals surface area contributed by atoms with E-state index < -0.39 is 0 Å². The van der Waals surface area contributed by atoms with Crippen LogP contribution in [0.15, 0.2) is 18.2 Å². The van der Waals surface area contributed by atoms with Gasteiger partial charge in [-0.25, -0.2) is 0 Å². The van der Waals surface area contributed by atoms with Crippen LogP contribution in [0.1, 0.15) is 57.1 Å². The van der Waals surface area contributed by atoms with Crippen LogP contribution in [-0.4, -0.2) is 6.54 Å². The Labute approximate surface area is 117 Å². The lowest BCUT2D eigenvalue weighted by molar-refractivity contribution is 0.119. The van der Waals surface area contributed by atoms with E-state index in [1.807, 2.05) is 0 Å². The third kappa shape index (κ3) is 2.40. The van der Waals surface area contributed by atoms with E-state index in [0.717, 1.165) is 24.3 Å². The molecule has 0 saturated heterocycles. The van der Waals surface area contributed by atoms with Crippen LogP contribution in [0.5, 0.6) is 0 Å². The van der Waals surface area contributed by atoms with Crippen LogP contribution in [0.2, 0.25) is 0 Å². The molecular weight excluding hydrogens is 230 g/mol. The van der Waals surface area contributed by atoms with Gasteiger partial charge in [-0.2, -0.15) is 0 Å². The Morgan fingerprint density at radius 1 is 1.21 bits per heavy atom. The lowest BCUT2D eigenvalue weighted by Gasteiger charge is -2.41. The lowest BCUT2D eigenvalue weighted by atomic mass is 9.64. The summed E-state index contributed by atoms with van der Waals surface area (Å²) in [5, 5.41) is 3.66. The van der Waals surface area contributed by atoms with Crippen molar-refractivity contribution in [2.45, 2.75) is 52.9 Å². The van der Waals surface area contributed by atoms with Crippen LogP contribution in [-0.2, 0) is 0 Å². The average molecular weight is 257 g/mol. The van der Waals surface area contributed by atoms with Crippen molar-refractivity contribution in [2.24, 2.45) is 17.3 Å². The molecule has 1 heteroatoms. The summed E-state index contributed by atoms with van der Waals surface area (Å²) in [6.45, 7) is 10.7. The molecule has 1 aliphatic heterocycles. The summed E-state index contributed by atoms with van der Waals surface area (Å²) in [5.74, 6) is 2.47. The molecule has 1 fully saturated rings. The van der Waals surface area contributed by atoms with Gasteiger partial charge < -0.3 is 5.32 Å². The van der Waals surface area contributed by atoms with E-state index in [1.165, 1.54) is 30.5 Å². The molecule has 1 aromatic carbocycles. The molecular formula is C18H27N. The first-order valence-electron chi connectivity index (χ1n) is 7.80. The monoisotopic (exact) mass is 257 g/mol. The van der Waals surface area contributed by atoms with Crippen molar-refractivity contribution < 1.29 is 0 Å². The fourth-order valence-corrected chi connectivity index (χ4v) is 4.71. The van der Waals surface area contributed by atoms with Gasteiger partial charge in [-0.05, 0) is 54.6 Å². The molecule has 3 atom stereocenters. The lowest BCUT2D eigenvalue weighted by Crippen LogP contribution is -2.31. The van der Waals surface area contributed by atoms with Gasteiger partial charge >= 0.3 is 0 Å². The molecule has 19 heavy (non-hydrogen) atoms. The normalized spacial score (nSPS) is 32.7. The van der Waals surface area contributed by atoms with Crippen molar-refractivity contribution in [3.8, 4) is 0 Å². The zero-order valence-electron chi connectivity index (χ0n) is 12.8. The maximum absolute atomic E-state index is 3.66. The van der Waals surface area contributed by atoms with Crippen LogP contribution >= 0.6 is 0 Å². The second-order valence-electron chi connectivity index (χ2n) is 7.70. The summed E-state index contributed by atoms with van der Waals surface area (Å²) in [4.78, 5) is 0. The zero-order chi connectivity index (χ0) is 13.6. The highest BCUT2D eigenvalue weighted by molar-refractivity contribution is 5.62. The maximum atomic E-state index is 3.66. The molecule has 1 heterocycles. The average Bonchev–Trinajstić information content (AvgIpc) is 2.71. The van der Waals surface area contributed by atoms with E-state index in [9.17, 15) is 0 Å². The molecule has 1 nitrogen and oxygen atoms in total. The molecule has 1 aliphatic carbocycles. The van der Waals surface area contributed by atoms with Crippen molar-refractivity contribution in [1.29, 1.82) is 0 Å². The van der Waals surface area contributed by atoms with Gasteiger partial charge in [0.1, 0.15) is 0 Å². The van der Waals surface area contributed by atoms with E-state index in [1.54, 1.807) is 5.56 Å². The predicted molar refractivity (Wildman–Crippen MR) is 82.7 cm³/mol. The minimum atomic E-state index is 0.523. The number of para-hydroxylation sites is 1. The first kappa shape index (κ1) is 13.0. The van der Waals surface area contributed by atoms with Crippen LogP contribution in [0.3, 0.4) is 0 Å². The SMILES string of the molecule is Cc1cccc2c1NCC2C1CC(C)CC(C)(C)C1. The predicted octanol–water partition coefficient (Wildman–Crippen LogP) is 4.97. The molecule has 1 aromatic rings. The van der Waals surface area contributed by atoms with E-state index >= 15 is 0 Å².